The van der Waals surface area contributed by atoms with Crippen molar-refractivity contribution in [2.45, 2.75) is 26.3 Å². The molecule has 1 unspecified atom stereocenters. The summed E-state index contributed by atoms with van der Waals surface area (Å²) in [5.41, 5.74) is 3.31. The van der Waals surface area contributed by atoms with E-state index in [1.807, 2.05) is 49.6 Å². The zero-order valence-electron chi connectivity index (χ0n) is 18.1. The Labute approximate surface area is 190 Å². The van der Waals surface area contributed by atoms with E-state index in [1.54, 1.807) is 29.7 Å². The molecule has 1 N–H and O–H groups in total. The van der Waals surface area contributed by atoms with Crippen LogP contribution in [-0.2, 0) is 9.59 Å². The molecule has 1 aliphatic rings. The largest absolute Gasteiger partial charge is 0.503 e. The maximum atomic E-state index is 13.2. The average Bonchev–Trinajstić information content (AvgIpc) is 3.41. The zero-order chi connectivity index (χ0) is 22.8. The van der Waals surface area contributed by atoms with E-state index in [0.29, 0.717) is 17.1 Å². The van der Waals surface area contributed by atoms with Crippen LogP contribution in [0.5, 0.6) is 5.88 Å². The number of Topliss-reactive ketones (excluding diaryl/α,β-unsaturated/α-hetero) is 1. The highest BCUT2D eigenvalue weighted by Crippen LogP contribution is 2.44. The van der Waals surface area contributed by atoms with Gasteiger partial charge in [0.2, 0.25) is 5.88 Å². The molecule has 0 saturated carbocycles. The Bertz CT molecular complexity index is 1170. The van der Waals surface area contributed by atoms with Crippen molar-refractivity contribution in [3.8, 4) is 17.0 Å². The number of thiophene rings is 1. The third-order valence-electron chi connectivity index (χ3n) is 5.39. The molecule has 0 fully saturated rings. The van der Waals surface area contributed by atoms with Gasteiger partial charge in [0.25, 0.3) is 5.91 Å². The number of nitrogens with zero attached hydrogens (tertiary/aromatic N) is 2. The molecular formula is C25H24N2O4S. The maximum Gasteiger partial charge on any atom is 0.294 e. The van der Waals surface area contributed by atoms with Gasteiger partial charge in [-0.05, 0) is 58.1 Å². The number of ketones is 1. The highest BCUT2D eigenvalue weighted by molar-refractivity contribution is 7.08. The SMILES string of the molecule is COc1ncccc1C1C(C(=O)CC(C)C)=C(O)C(=O)N1c1ccc(-c2ccsc2)cc1. The predicted octanol–water partition coefficient (Wildman–Crippen LogP) is 5.33. The molecule has 0 saturated heterocycles. The number of pyridine rings is 1. The Morgan fingerprint density at radius 3 is 2.56 bits per heavy atom. The monoisotopic (exact) mass is 448 g/mol. The average molecular weight is 449 g/mol. The summed E-state index contributed by atoms with van der Waals surface area (Å²) in [6.07, 6.45) is 1.80. The fourth-order valence-electron chi connectivity index (χ4n) is 3.96. The topological polar surface area (TPSA) is 79.7 Å². The molecule has 1 atom stereocenters. The van der Waals surface area contributed by atoms with Crippen molar-refractivity contribution >= 4 is 28.7 Å². The molecule has 3 heterocycles. The Balaban J connectivity index is 1.82. The van der Waals surface area contributed by atoms with Crippen LogP contribution in [0.4, 0.5) is 5.69 Å². The van der Waals surface area contributed by atoms with Crippen LogP contribution < -0.4 is 9.64 Å². The molecule has 1 aliphatic heterocycles. The molecule has 1 amide bonds. The molecule has 0 aliphatic carbocycles. The van der Waals surface area contributed by atoms with E-state index in [4.69, 9.17) is 4.74 Å². The third-order valence-corrected chi connectivity index (χ3v) is 6.07. The van der Waals surface area contributed by atoms with E-state index in [1.165, 1.54) is 12.0 Å². The summed E-state index contributed by atoms with van der Waals surface area (Å²) in [6.45, 7) is 3.85. The number of rotatable bonds is 7. The van der Waals surface area contributed by atoms with Gasteiger partial charge >= 0.3 is 0 Å². The molecule has 1 aromatic carbocycles. The summed E-state index contributed by atoms with van der Waals surface area (Å²) < 4.78 is 5.43. The first-order chi connectivity index (χ1) is 15.4. The van der Waals surface area contributed by atoms with Gasteiger partial charge in [-0.15, -0.1) is 0 Å². The van der Waals surface area contributed by atoms with Crippen LogP contribution in [0.15, 0.2) is 70.8 Å². The van der Waals surface area contributed by atoms with Crippen molar-refractivity contribution in [1.29, 1.82) is 0 Å². The lowest BCUT2D eigenvalue weighted by Crippen LogP contribution is -2.31. The van der Waals surface area contributed by atoms with Gasteiger partial charge in [-0.1, -0.05) is 26.0 Å². The fraction of sp³-hybridized carbons (Fsp3) is 0.240. The smallest absolute Gasteiger partial charge is 0.294 e. The molecule has 2 aromatic heterocycles. The van der Waals surface area contributed by atoms with Gasteiger partial charge in [-0.2, -0.15) is 11.3 Å². The van der Waals surface area contributed by atoms with Crippen molar-refractivity contribution < 1.29 is 19.4 Å². The van der Waals surface area contributed by atoms with Crippen LogP contribution in [0.25, 0.3) is 11.1 Å². The third kappa shape index (κ3) is 3.91. The van der Waals surface area contributed by atoms with E-state index in [0.717, 1.165) is 11.1 Å². The second-order valence-electron chi connectivity index (χ2n) is 8.02. The van der Waals surface area contributed by atoms with E-state index >= 15 is 0 Å². The van der Waals surface area contributed by atoms with Crippen LogP contribution in [0.1, 0.15) is 31.9 Å². The summed E-state index contributed by atoms with van der Waals surface area (Å²) in [4.78, 5) is 32.0. The van der Waals surface area contributed by atoms with Gasteiger partial charge in [0.15, 0.2) is 11.5 Å². The number of hydrogen-bond donors (Lipinski definition) is 1. The molecule has 6 nitrogen and oxygen atoms in total. The van der Waals surface area contributed by atoms with E-state index in [9.17, 15) is 14.7 Å². The highest BCUT2D eigenvalue weighted by atomic mass is 32.1. The number of amides is 1. The molecule has 0 spiro atoms. The first kappa shape index (κ1) is 21.8. The number of ether oxygens (including phenoxy) is 1. The first-order valence-corrected chi connectivity index (χ1v) is 11.3. The molecule has 3 aromatic rings. The minimum atomic E-state index is -0.829. The summed E-state index contributed by atoms with van der Waals surface area (Å²) in [5.74, 6) is -1.02. The number of methoxy groups -OCH3 is 1. The molecule has 0 bridgehead atoms. The number of aliphatic hydroxyl groups is 1. The van der Waals surface area contributed by atoms with E-state index in [2.05, 4.69) is 10.4 Å². The minimum Gasteiger partial charge on any atom is -0.503 e. The van der Waals surface area contributed by atoms with Crippen molar-refractivity contribution in [2.24, 2.45) is 5.92 Å². The lowest BCUT2D eigenvalue weighted by Gasteiger charge is -2.28. The quantitative estimate of drug-likeness (QED) is 0.528. The van der Waals surface area contributed by atoms with Gasteiger partial charge in [0, 0.05) is 23.9 Å². The van der Waals surface area contributed by atoms with Crippen molar-refractivity contribution in [3.63, 3.8) is 0 Å². The summed E-state index contributed by atoms with van der Waals surface area (Å²) in [5, 5.41) is 14.8. The number of aliphatic hydroxyl groups excluding tert-OH is 1. The Morgan fingerprint density at radius 2 is 1.94 bits per heavy atom. The van der Waals surface area contributed by atoms with Crippen LogP contribution in [0.3, 0.4) is 0 Å². The minimum absolute atomic E-state index is 0.0771. The number of carbonyl (C=O) groups excluding carboxylic acids is 2. The number of anilines is 1. The van der Waals surface area contributed by atoms with Crippen LogP contribution in [-0.4, -0.2) is 28.9 Å². The molecular weight excluding hydrogens is 424 g/mol. The second-order valence-corrected chi connectivity index (χ2v) is 8.80. The standard InChI is InChI=1S/C25H24N2O4S/c1-15(2)13-20(28)21-22(19-5-4-11-26-24(19)31-3)27(25(30)23(21)29)18-8-6-16(7-9-18)17-10-12-32-14-17/h4-12,14-15,22,29H,13H2,1-3H3. The summed E-state index contributed by atoms with van der Waals surface area (Å²) in [6, 6.07) is 12.2. The lowest BCUT2D eigenvalue weighted by atomic mass is 9.92. The normalized spacial score (nSPS) is 16.2. The van der Waals surface area contributed by atoms with Gasteiger partial charge in [-0.3, -0.25) is 14.5 Å². The van der Waals surface area contributed by atoms with E-state index in [-0.39, 0.29) is 23.7 Å². The molecule has 7 heteroatoms. The number of aromatic nitrogens is 1. The Kier molecular flexibility index (Phi) is 6.10. The molecule has 32 heavy (non-hydrogen) atoms. The lowest BCUT2D eigenvalue weighted by molar-refractivity contribution is -0.118. The highest BCUT2D eigenvalue weighted by Gasteiger charge is 2.45. The molecule has 0 radical (unpaired) electrons. The summed E-state index contributed by atoms with van der Waals surface area (Å²) >= 11 is 1.61. The van der Waals surface area contributed by atoms with Crippen molar-refractivity contribution in [2.75, 3.05) is 12.0 Å². The molecule has 164 valence electrons. The van der Waals surface area contributed by atoms with Crippen molar-refractivity contribution in [1.82, 2.24) is 4.98 Å². The van der Waals surface area contributed by atoms with E-state index < -0.39 is 17.7 Å². The fourth-order valence-corrected chi connectivity index (χ4v) is 4.62. The predicted molar refractivity (Wildman–Crippen MR) is 125 cm³/mol. The van der Waals surface area contributed by atoms with Gasteiger partial charge in [0.05, 0.1) is 12.7 Å². The van der Waals surface area contributed by atoms with Gasteiger partial charge in [0.1, 0.15) is 6.04 Å². The van der Waals surface area contributed by atoms with Crippen LogP contribution >= 0.6 is 11.3 Å². The Hall–Kier alpha value is -3.45. The number of carbonyl (C=O) groups is 2. The first-order valence-electron chi connectivity index (χ1n) is 10.3. The van der Waals surface area contributed by atoms with Crippen molar-refractivity contribution in [3.05, 3.63) is 76.3 Å². The van der Waals surface area contributed by atoms with Gasteiger partial charge < -0.3 is 9.84 Å². The molecule has 4 rings (SSSR count). The number of hydrogen-bond acceptors (Lipinski definition) is 6. The Morgan fingerprint density at radius 1 is 1.19 bits per heavy atom. The van der Waals surface area contributed by atoms with Crippen LogP contribution in [0, 0.1) is 5.92 Å². The maximum absolute atomic E-state index is 13.2. The number of benzene rings is 1. The van der Waals surface area contributed by atoms with Crippen LogP contribution in [0.2, 0.25) is 0 Å². The summed E-state index contributed by atoms with van der Waals surface area (Å²) in [7, 11) is 1.49. The van der Waals surface area contributed by atoms with Gasteiger partial charge in [-0.25, -0.2) is 4.98 Å². The zero-order valence-corrected chi connectivity index (χ0v) is 18.9. The second kappa shape index (κ2) is 8.96.